The number of rotatable bonds is 5. The van der Waals surface area contributed by atoms with Crippen LogP contribution in [0.2, 0.25) is 0 Å². The van der Waals surface area contributed by atoms with Gasteiger partial charge in [-0.2, -0.15) is 0 Å². The summed E-state index contributed by atoms with van der Waals surface area (Å²) in [6.45, 7) is 2.45. The third kappa shape index (κ3) is 3.71. The van der Waals surface area contributed by atoms with Crippen LogP contribution in [0, 0.1) is 5.92 Å². The molecule has 1 heterocycles. The molecule has 1 saturated heterocycles. The smallest absolute Gasteiger partial charge is 0.242 e. The number of ether oxygens (including phenoxy) is 1. The highest BCUT2D eigenvalue weighted by atomic mass is 32.2. The van der Waals surface area contributed by atoms with Crippen molar-refractivity contribution >= 4 is 15.7 Å². The Balaban J connectivity index is 2.02. The summed E-state index contributed by atoms with van der Waals surface area (Å²) >= 11 is 0. The summed E-state index contributed by atoms with van der Waals surface area (Å²) in [5.41, 5.74) is 0.832. The van der Waals surface area contributed by atoms with Crippen LogP contribution < -0.4 is 5.32 Å². The maximum absolute atomic E-state index is 12.1. The molecule has 0 saturated carbocycles. The fourth-order valence-corrected chi connectivity index (χ4v) is 3.16. The van der Waals surface area contributed by atoms with Crippen molar-refractivity contribution in [3.63, 3.8) is 0 Å². The predicted molar refractivity (Wildman–Crippen MR) is 79.3 cm³/mol. The molecule has 0 aliphatic carbocycles. The lowest BCUT2D eigenvalue weighted by Crippen LogP contribution is -2.24. The zero-order chi connectivity index (χ0) is 14.6. The second-order valence-corrected chi connectivity index (χ2v) is 7.43. The number of sulfonamides is 1. The minimum atomic E-state index is -3.37. The molecule has 1 fully saturated rings. The summed E-state index contributed by atoms with van der Waals surface area (Å²) in [5.74, 6) is 0.498. The fraction of sp³-hybridized carbons (Fsp3) is 0.571. The highest BCUT2D eigenvalue weighted by Crippen LogP contribution is 2.19. The van der Waals surface area contributed by atoms with Gasteiger partial charge in [-0.25, -0.2) is 12.7 Å². The lowest BCUT2D eigenvalue weighted by atomic mass is 10.0. The highest BCUT2D eigenvalue weighted by Gasteiger charge is 2.18. The van der Waals surface area contributed by atoms with Gasteiger partial charge in [0.15, 0.2) is 0 Å². The van der Waals surface area contributed by atoms with Crippen molar-refractivity contribution in [2.45, 2.75) is 17.7 Å². The van der Waals surface area contributed by atoms with Crippen LogP contribution in [-0.4, -0.2) is 46.6 Å². The molecule has 1 unspecified atom stereocenters. The minimum Gasteiger partial charge on any atom is -0.385 e. The number of hydrogen-bond acceptors (Lipinski definition) is 4. The quantitative estimate of drug-likeness (QED) is 0.900. The largest absolute Gasteiger partial charge is 0.385 e. The number of benzene rings is 1. The third-order valence-electron chi connectivity index (χ3n) is 3.46. The molecule has 1 atom stereocenters. The first-order chi connectivity index (χ1) is 9.50. The standard InChI is InChI=1S/C14H22N2O3S/c1-16(2)20(17,18)14-7-3-6-13(9-14)15-10-12-5-4-8-19-11-12/h3,6-7,9,12,15H,4-5,8,10-11H2,1-2H3. The lowest BCUT2D eigenvalue weighted by molar-refractivity contribution is 0.0595. The Labute approximate surface area is 121 Å². The normalized spacial score (nSPS) is 20.1. The summed E-state index contributed by atoms with van der Waals surface area (Å²) in [6, 6.07) is 6.94. The van der Waals surface area contributed by atoms with E-state index in [-0.39, 0.29) is 0 Å². The molecule has 0 aromatic heterocycles. The molecule has 5 nitrogen and oxygen atoms in total. The number of anilines is 1. The van der Waals surface area contributed by atoms with Crippen molar-refractivity contribution in [2.24, 2.45) is 5.92 Å². The Morgan fingerprint density at radius 3 is 2.85 bits per heavy atom. The van der Waals surface area contributed by atoms with Gasteiger partial charge in [-0.15, -0.1) is 0 Å². The van der Waals surface area contributed by atoms with Gasteiger partial charge in [0.2, 0.25) is 10.0 Å². The van der Waals surface area contributed by atoms with Crippen LogP contribution in [-0.2, 0) is 14.8 Å². The van der Waals surface area contributed by atoms with E-state index in [2.05, 4.69) is 5.32 Å². The molecule has 1 aromatic rings. The molecule has 20 heavy (non-hydrogen) atoms. The molecule has 0 amide bonds. The monoisotopic (exact) mass is 298 g/mol. The van der Waals surface area contributed by atoms with E-state index in [0.717, 1.165) is 38.3 Å². The van der Waals surface area contributed by atoms with Gasteiger partial charge in [0.1, 0.15) is 0 Å². The number of hydrogen-bond donors (Lipinski definition) is 1. The zero-order valence-corrected chi connectivity index (χ0v) is 12.8. The lowest BCUT2D eigenvalue weighted by Gasteiger charge is -2.22. The molecule has 0 radical (unpaired) electrons. The molecule has 1 aromatic carbocycles. The van der Waals surface area contributed by atoms with Gasteiger partial charge in [0, 0.05) is 32.9 Å². The summed E-state index contributed by atoms with van der Waals surface area (Å²) in [7, 11) is -0.301. The Hall–Kier alpha value is -1.11. The van der Waals surface area contributed by atoms with Crippen LogP contribution in [0.4, 0.5) is 5.69 Å². The fourth-order valence-electron chi connectivity index (χ4n) is 2.21. The van der Waals surface area contributed by atoms with Gasteiger partial charge in [-0.3, -0.25) is 0 Å². The molecular formula is C14H22N2O3S. The van der Waals surface area contributed by atoms with E-state index in [9.17, 15) is 8.42 Å². The van der Waals surface area contributed by atoms with Gasteiger partial charge in [-0.1, -0.05) is 6.07 Å². The summed E-state index contributed by atoms with van der Waals surface area (Å²) in [4.78, 5) is 0.312. The van der Waals surface area contributed by atoms with E-state index < -0.39 is 10.0 Å². The number of nitrogens with one attached hydrogen (secondary N) is 1. The molecule has 6 heteroatoms. The van der Waals surface area contributed by atoms with E-state index in [1.807, 2.05) is 6.07 Å². The molecule has 0 bridgehead atoms. The molecule has 112 valence electrons. The average molecular weight is 298 g/mol. The van der Waals surface area contributed by atoms with Gasteiger partial charge >= 0.3 is 0 Å². The van der Waals surface area contributed by atoms with E-state index in [4.69, 9.17) is 4.74 Å². The van der Waals surface area contributed by atoms with E-state index in [0.29, 0.717) is 10.8 Å². The van der Waals surface area contributed by atoms with Crippen molar-refractivity contribution in [1.82, 2.24) is 4.31 Å². The van der Waals surface area contributed by atoms with Crippen molar-refractivity contribution in [3.05, 3.63) is 24.3 Å². The summed E-state index contributed by atoms with van der Waals surface area (Å²) in [5, 5.41) is 3.30. The van der Waals surface area contributed by atoms with Crippen molar-refractivity contribution in [2.75, 3.05) is 39.2 Å². The second-order valence-electron chi connectivity index (χ2n) is 5.28. The first kappa shape index (κ1) is 15.3. The second kappa shape index (κ2) is 6.56. The van der Waals surface area contributed by atoms with Crippen molar-refractivity contribution < 1.29 is 13.2 Å². The SMILES string of the molecule is CN(C)S(=O)(=O)c1cccc(NCC2CCCOC2)c1. The predicted octanol–water partition coefficient (Wildman–Crippen LogP) is 1.78. The van der Waals surface area contributed by atoms with Crippen LogP contribution in [0.25, 0.3) is 0 Å². The van der Waals surface area contributed by atoms with Crippen molar-refractivity contribution in [3.8, 4) is 0 Å². The molecule has 1 N–H and O–H groups in total. The number of nitrogens with zero attached hydrogens (tertiary/aromatic N) is 1. The van der Waals surface area contributed by atoms with Crippen LogP contribution in [0.3, 0.4) is 0 Å². The van der Waals surface area contributed by atoms with E-state index in [1.54, 1.807) is 18.2 Å². The molecule has 1 aliphatic heterocycles. The van der Waals surface area contributed by atoms with Crippen LogP contribution in [0.1, 0.15) is 12.8 Å². The maximum Gasteiger partial charge on any atom is 0.242 e. The van der Waals surface area contributed by atoms with Gasteiger partial charge in [0.25, 0.3) is 0 Å². The van der Waals surface area contributed by atoms with E-state index >= 15 is 0 Å². The Morgan fingerprint density at radius 1 is 1.40 bits per heavy atom. The zero-order valence-electron chi connectivity index (χ0n) is 12.0. The molecule has 2 rings (SSSR count). The Morgan fingerprint density at radius 2 is 2.20 bits per heavy atom. The maximum atomic E-state index is 12.1. The topological polar surface area (TPSA) is 58.6 Å². The summed E-state index contributed by atoms with van der Waals surface area (Å²) < 4.78 is 30.8. The Kier molecular flexibility index (Phi) is 5.01. The minimum absolute atomic E-state index is 0.312. The average Bonchev–Trinajstić information content (AvgIpc) is 2.46. The van der Waals surface area contributed by atoms with Gasteiger partial charge in [0.05, 0.1) is 11.5 Å². The van der Waals surface area contributed by atoms with Crippen LogP contribution in [0.15, 0.2) is 29.2 Å². The van der Waals surface area contributed by atoms with Crippen molar-refractivity contribution in [1.29, 1.82) is 0 Å². The van der Waals surface area contributed by atoms with Crippen LogP contribution in [0.5, 0.6) is 0 Å². The van der Waals surface area contributed by atoms with E-state index in [1.165, 1.54) is 18.4 Å². The first-order valence-corrected chi connectivity index (χ1v) is 8.28. The molecular weight excluding hydrogens is 276 g/mol. The van der Waals surface area contributed by atoms with Gasteiger partial charge < -0.3 is 10.1 Å². The summed E-state index contributed by atoms with van der Waals surface area (Å²) in [6.07, 6.45) is 2.25. The highest BCUT2D eigenvalue weighted by molar-refractivity contribution is 7.89. The first-order valence-electron chi connectivity index (χ1n) is 6.84. The third-order valence-corrected chi connectivity index (χ3v) is 5.27. The molecule has 0 spiro atoms. The Bertz CT molecular complexity index is 537. The molecule has 1 aliphatic rings. The van der Waals surface area contributed by atoms with Crippen LogP contribution >= 0.6 is 0 Å². The van der Waals surface area contributed by atoms with Gasteiger partial charge in [-0.05, 0) is 37.0 Å².